The van der Waals surface area contributed by atoms with Crippen LogP contribution < -0.4 is 0 Å². The summed E-state index contributed by atoms with van der Waals surface area (Å²) in [4.78, 5) is 4.13. The van der Waals surface area contributed by atoms with Crippen LogP contribution in [-0.4, -0.2) is 10.1 Å². The summed E-state index contributed by atoms with van der Waals surface area (Å²) in [6.45, 7) is 0. The summed E-state index contributed by atoms with van der Waals surface area (Å²) in [5, 5.41) is 6.06. The predicted molar refractivity (Wildman–Crippen MR) is 64.9 cm³/mol. The highest BCUT2D eigenvalue weighted by molar-refractivity contribution is 9.10. The Morgan fingerprint density at radius 3 is 2.56 bits per heavy atom. The molecule has 0 saturated carbocycles. The monoisotopic (exact) mass is 274 g/mol. The molecule has 0 bridgehead atoms. The number of aromatic nitrogens is 2. The van der Waals surface area contributed by atoms with Crippen molar-refractivity contribution in [1.29, 1.82) is 0 Å². The third-order valence-electron chi connectivity index (χ3n) is 2.40. The minimum atomic E-state index is 0.468. The SMILES string of the molecule is Brc1noc(-c2ccc3ccccc3c2)n1. The van der Waals surface area contributed by atoms with Crippen LogP contribution in [0.5, 0.6) is 0 Å². The maximum atomic E-state index is 5.09. The molecule has 4 heteroatoms. The van der Waals surface area contributed by atoms with E-state index in [-0.39, 0.29) is 0 Å². The lowest BCUT2D eigenvalue weighted by Crippen LogP contribution is -1.78. The molecule has 0 atom stereocenters. The molecule has 2 aromatic carbocycles. The summed E-state index contributed by atoms with van der Waals surface area (Å²) in [6, 6.07) is 14.2. The van der Waals surface area contributed by atoms with Crippen LogP contribution in [0.3, 0.4) is 0 Å². The maximum absolute atomic E-state index is 5.09. The van der Waals surface area contributed by atoms with E-state index in [1.807, 2.05) is 30.3 Å². The molecule has 0 radical (unpaired) electrons. The zero-order chi connectivity index (χ0) is 11.0. The number of fused-ring (bicyclic) bond motifs is 1. The summed E-state index contributed by atoms with van der Waals surface area (Å²) < 4.78 is 5.56. The molecule has 0 aliphatic carbocycles. The largest absolute Gasteiger partial charge is 0.333 e. The predicted octanol–water partition coefficient (Wildman–Crippen LogP) is 3.65. The average molecular weight is 275 g/mol. The Morgan fingerprint density at radius 2 is 1.81 bits per heavy atom. The van der Waals surface area contributed by atoms with E-state index in [9.17, 15) is 0 Å². The summed E-state index contributed by atoms with van der Waals surface area (Å²) in [5.74, 6) is 0.526. The molecule has 3 aromatic rings. The molecule has 3 rings (SSSR count). The molecule has 0 saturated heterocycles. The van der Waals surface area contributed by atoms with Gasteiger partial charge in [-0.05, 0) is 44.0 Å². The lowest BCUT2D eigenvalue weighted by atomic mass is 10.1. The van der Waals surface area contributed by atoms with Gasteiger partial charge in [0.15, 0.2) is 0 Å². The van der Waals surface area contributed by atoms with E-state index >= 15 is 0 Å². The minimum Gasteiger partial charge on any atom is -0.333 e. The highest BCUT2D eigenvalue weighted by atomic mass is 79.9. The van der Waals surface area contributed by atoms with Crippen LogP contribution in [0, 0.1) is 0 Å². The first-order valence-corrected chi connectivity index (χ1v) is 5.60. The molecule has 3 nitrogen and oxygen atoms in total. The van der Waals surface area contributed by atoms with E-state index in [0.717, 1.165) is 10.9 Å². The first-order valence-electron chi connectivity index (χ1n) is 4.81. The lowest BCUT2D eigenvalue weighted by Gasteiger charge is -1.98. The van der Waals surface area contributed by atoms with E-state index in [1.54, 1.807) is 0 Å². The van der Waals surface area contributed by atoms with E-state index in [1.165, 1.54) is 5.39 Å². The molecule has 0 spiro atoms. The van der Waals surface area contributed by atoms with E-state index in [4.69, 9.17) is 4.52 Å². The quantitative estimate of drug-likeness (QED) is 0.680. The molecule has 0 aliphatic rings. The molecular formula is C12H7BrN2O. The topological polar surface area (TPSA) is 38.9 Å². The van der Waals surface area contributed by atoms with Crippen molar-refractivity contribution in [1.82, 2.24) is 10.1 Å². The van der Waals surface area contributed by atoms with E-state index in [2.05, 4.69) is 38.2 Å². The van der Waals surface area contributed by atoms with Gasteiger partial charge in [-0.2, -0.15) is 4.98 Å². The molecule has 16 heavy (non-hydrogen) atoms. The van der Waals surface area contributed by atoms with Gasteiger partial charge in [-0.25, -0.2) is 0 Å². The number of halogens is 1. The molecule has 0 fully saturated rings. The van der Waals surface area contributed by atoms with E-state index in [0.29, 0.717) is 10.6 Å². The highest BCUT2D eigenvalue weighted by Gasteiger charge is 2.06. The smallest absolute Gasteiger partial charge is 0.258 e. The molecule has 1 heterocycles. The van der Waals surface area contributed by atoms with Gasteiger partial charge < -0.3 is 4.52 Å². The van der Waals surface area contributed by atoms with Crippen LogP contribution in [0.2, 0.25) is 0 Å². The van der Waals surface area contributed by atoms with Crippen LogP contribution in [0.15, 0.2) is 51.7 Å². The van der Waals surface area contributed by atoms with Crippen LogP contribution in [0.4, 0.5) is 0 Å². The van der Waals surface area contributed by atoms with Crippen molar-refractivity contribution in [2.75, 3.05) is 0 Å². The zero-order valence-corrected chi connectivity index (χ0v) is 9.81. The molecule has 0 unspecified atom stereocenters. The van der Waals surface area contributed by atoms with Crippen molar-refractivity contribution in [3.63, 3.8) is 0 Å². The van der Waals surface area contributed by atoms with Gasteiger partial charge >= 0.3 is 0 Å². The molecule has 0 aliphatic heterocycles. The van der Waals surface area contributed by atoms with Crippen molar-refractivity contribution in [3.8, 4) is 11.5 Å². The fourth-order valence-corrected chi connectivity index (χ4v) is 1.88. The van der Waals surface area contributed by atoms with Crippen LogP contribution in [-0.2, 0) is 0 Å². The number of benzene rings is 2. The van der Waals surface area contributed by atoms with Gasteiger partial charge in [-0.1, -0.05) is 30.3 Å². The molecule has 78 valence electrons. The Balaban J connectivity index is 2.18. The number of rotatable bonds is 1. The van der Waals surface area contributed by atoms with Gasteiger partial charge in [0.25, 0.3) is 5.89 Å². The van der Waals surface area contributed by atoms with Crippen molar-refractivity contribution in [3.05, 3.63) is 47.2 Å². The van der Waals surface area contributed by atoms with Gasteiger partial charge in [0.1, 0.15) is 0 Å². The first kappa shape index (κ1) is 9.54. The second-order valence-corrected chi connectivity index (χ2v) is 4.14. The Labute approximate surface area is 100 Å². The molecule has 0 amide bonds. The number of nitrogens with zero attached hydrogens (tertiary/aromatic N) is 2. The zero-order valence-electron chi connectivity index (χ0n) is 8.22. The van der Waals surface area contributed by atoms with Gasteiger partial charge in [0.05, 0.1) is 0 Å². The molecular weight excluding hydrogens is 268 g/mol. The van der Waals surface area contributed by atoms with Crippen molar-refractivity contribution in [2.24, 2.45) is 0 Å². The Kier molecular flexibility index (Phi) is 2.22. The fraction of sp³-hybridized carbons (Fsp3) is 0. The van der Waals surface area contributed by atoms with Gasteiger partial charge in [-0.3, -0.25) is 0 Å². The third kappa shape index (κ3) is 1.61. The van der Waals surface area contributed by atoms with E-state index < -0.39 is 0 Å². The second-order valence-electron chi connectivity index (χ2n) is 3.43. The molecule has 1 aromatic heterocycles. The third-order valence-corrected chi connectivity index (χ3v) is 2.72. The van der Waals surface area contributed by atoms with Crippen molar-refractivity contribution in [2.45, 2.75) is 0 Å². The fourth-order valence-electron chi connectivity index (χ4n) is 1.65. The summed E-state index contributed by atoms with van der Waals surface area (Å²) in [5.41, 5.74) is 0.928. The standard InChI is InChI=1S/C12H7BrN2O/c13-12-14-11(16-15-12)10-6-5-8-3-1-2-4-9(8)7-10/h1-7H. The van der Waals surface area contributed by atoms with Crippen molar-refractivity contribution < 1.29 is 4.52 Å². The number of hydrogen-bond donors (Lipinski definition) is 0. The van der Waals surface area contributed by atoms with Gasteiger partial charge in [-0.15, -0.1) is 0 Å². The Hall–Kier alpha value is -1.68. The number of hydrogen-bond acceptors (Lipinski definition) is 3. The molecule has 0 N–H and O–H groups in total. The van der Waals surface area contributed by atoms with Gasteiger partial charge in [0, 0.05) is 5.56 Å². The van der Waals surface area contributed by atoms with Crippen molar-refractivity contribution >= 4 is 26.7 Å². The first-order chi connectivity index (χ1) is 7.83. The summed E-state index contributed by atoms with van der Waals surface area (Å²) in [7, 11) is 0. The summed E-state index contributed by atoms with van der Waals surface area (Å²) >= 11 is 3.16. The van der Waals surface area contributed by atoms with Crippen LogP contribution in [0.1, 0.15) is 0 Å². The average Bonchev–Trinajstić information content (AvgIpc) is 2.75. The van der Waals surface area contributed by atoms with Crippen LogP contribution >= 0.6 is 15.9 Å². The normalized spacial score (nSPS) is 10.8. The minimum absolute atomic E-state index is 0.468. The van der Waals surface area contributed by atoms with Gasteiger partial charge in [0.2, 0.25) is 4.73 Å². The van der Waals surface area contributed by atoms with Crippen LogP contribution in [0.25, 0.3) is 22.2 Å². The highest BCUT2D eigenvalue weighted by Crippen LogP contribution is 2.23. The summed E-state index contributed by atoms with van der Waals surface area (Å²) in [6.07, 6.45) is 0. The Morgan fingerprint density at radius 1 is 1.00 bits per heavy atom. The Bertz CT molecular complexity index is 648. The maximum Gasteiger partial charge on any atom is 0.258 e. The second kappa shape index (κ2) is 3.72. The lowest BCUT2D eigenvalue weighted by molar-refractivity contribution is 0.426.